The minimum absolute atomic E-state index is 0.0732. The van der Waals surface area contributed by atoms with Gasteiger partial charge in [0.2, 0.25) is 0 Å². The van der Waals surface area contributed by atoms with Crippen LogP contribution in [0.5, 0.6) is 11.5 Å². The van der Waals surface area contributed by atoms with E-state index in [4.69, 9.17) is 14.5 Å². The fourth-order valence-electron chi connectivity index (χ4n) is 3.66. The number of anilines is 1. The Kier molecular flexibility index (Phi) is 6.93. The minimum atomic E-state index is -0.156. The summed E-state index contributed by atoms with van der Waals surface area (Å²) in [4.78, 5) is 19.8. The molecule has 1 amide bonds. The van der Waals surface area contributed by atoms with Gasteiger partial charge in [-0.3, -0.25) is 14.4 Å². The molecule has 33 heavy (non-hydrogen) atoms. The van der Waals surface area contributed by atoms with Gasteiger partial charge in [0.1, 0.15) is 17.0 Å². The van der Waals surface area contributed by atoms with Crippen molar-refractivity contribution in [2.24, 2.45) is 0 Å². The summed E-state index contributed by atoms with van der Waals surface area (Å²) in [6.07, 6.45) is 0. The number of benzene rings is 2. The fourth-order valence-corrected chi connectivity index (χ4v) is 4.68. The number of para-hydroxylation sites is 2. The Bertz CT molecular complexity index is 1260. The molecule has 4 rings (SSSR count). The van der Waals surface area contributed by atoms with Crippen molar-refractivity contribution in [3.8, 4) is 11.5 Å². The lowest BCUT2D eigenvalue weighted by Crippen LogP contribution is -2.37. The van der Waals surface area contributed by atoms with Crippen molar-refractivity contribution < 1.29 is 14.3 Å². The van der Waals surface area contributed by atoms with Crippen LogP contribution in [0.25, 0.3) is 10.2 Å². The number of nitrogens with zero attached hydrogens (tertiary/aromatic N) is 4. The first-order valence-electron chi connectivity index (χ1n) is 11.0. The smallest absolute Gasteiger partial charge is 0.266 e. The number of aryl methyl sites for hydroxylation is 3. The second kappa shape index (κ2) is 10.0. The first-order valence-corrected chi connectivity index (χ1v) is 11.8. The van der Waals surface area contributed by atoms with Crippen LogP contribution in [-0.4, -0.2) is 40.4 Å². The van der Waals surface area contributed by atoms with E-state index in [1.165, 1.54) is 11.3 Å². The number of aromatic nitrogens is 3. The van der Waals surface area contributed by atoms with Gasteiger partial charge >= 0.3 is 0 Å². The van der Waals surface area contributed by atoms with Crippen LogP contribution in [0, 0.1) is 20.8 Å². The molecule has 7 nitrogen and oxygen atoms in total. The molecule has 2 heterocycles. The van der Waals surface area contributed by atoms with Gasteiger partial charge in [0, 0.05) is 12.2 Å². The summed E-state index contributed by atoms with van der Waals surface area (Å²) in [7, 11) is 0. The summed E-state index contributed by atoms with van der Waals surface area (Å²) in [6.45, 7) is 9.35. The molecule has 0 aliphatic carbocycles. The van der Waals surface area contributed by atoms with Gasteiger partial charge in [-0.05, 0) is 57.5 Å². The second-order valence-corrected chi connectivity index (χ2v) is 8.79. The molecule has 0 aliphatic heterocycles. The number of hydrogen-bond acceptors (Lipinski definition) is 6. The van der Waals surface area contributed by atoms with Crippen LogP contribution in [0.15, 0.2) is 48.5 Å². The van der Waals surface area contributed by atoms with Gasteiger partial charge in [0.15, 0.2) is 11.7 Å². The van der Waals surface area contributed by atoms with E-state index in [1.807, 2.05) is 80.9 Å². The predicted octanol–water partition coefficient (Wildman–Crippen LogP) is 4.93. The van der Waals surface area contributed by atoms with Crippen molar-refractivity contribution in [2.45, 2.75) is 34.2 Å². The average molecular weight is 465 g/mol. The molecule has 2 aromatic carbocycles. The molecule has 0 spiro atoms. The lowest BCUT2D eigenvalue weighted by Gasteiger charge is -2.20. The van der Waals surface area contributed by atoms with Gasteiger partial charge < -0.3 is 9.47 Å². The Labute approximate surface area is 197 Å². The standard InChI is InChI=1S/C25H28N4O3S/c1-5-31-21-11-8-12-22-24(21)26-25(33-22)28(13-14-29-19(4)15-18(3)27-29)23(30)16-32-20-10-7-6-9-17(20)2/h6-12,15H,5,13-14,16H2,1-4H3. The third-order valence-electron chi connectivity index (χ3n) is 5.29. The summed E-state index contributed by atoms with van der Waals surface area (Å²) < 4.78 is 14.5. The van der Waals surface area contributed by atoms with Gasteiger partial charge in [-0.25, -0.2) is 4.98 Å². The maximum Gasteiger partial charge on any atom is 0.266 e. The monoisotopic (exact) mass is 464 g/mol. The fraction of sp³-hybridized carbons (Fsp3) is 0.320. The summed E-state index contributed by atoms with van der Waals surface area (Å²) in [6, 6.07) is 15.5. The first-order chi connectivity index (χ1) is 16.0. The number of fused-ring (bicyclic) bond motifs is 1. The van der Waals surface area contributed by atoms with Crippen molar-refractivity contribution in [3.05, 3.63) is 65.5 Å². The van der Waals surface area contributed by atoms with E-state index in [0.717, 1.165) is 32.9 Å². The molecule has 0 saturated carbocycles. The molecular formula is C25H28N4O3S. The minimum Gasteiger partial charge on any atom is -0.492 e. The molecule has 0 unspecified atom stereocenters. The Hall–Kier alpha value is -3.39. The molecule has 4 aromatic rings. The Morgan fingerprint density at radius 3 is 2.58 bits per heavy atom. The summed E-state index contributed by atoms with van der Waals surface area (Å²) in [5.74, 6) is 1.27. The molecule has 0 radical (unpaired) electrons. The van der Waals surface area contributed by atoms with Crippen LogP contribution in [0.4, 0.5) is 5.13 Å². The van der Waals surface area contributed by atoms with Gasteiger partial charge in [-0.15, -0.1) is 0 Å². The summed E-state index contributed by atoms with van der Waals surface area (Å²) >= 11 is 1.47. The first kappa shape index (κ1) is 22.8. The molecule has 8 heteroatoms. The van der Waals surface area contributed by atoms with Gasteiger partial charge in [0.25, 0.3) is 5.91 Å². The van der Waals surface area contributed by atoms with Gasteiger partial charge in [-0.2, -0.15) is 5.10 Å². The number of hydrogen-bond donors (Lipinski definition) is 0. The normalized spacial score (nSPS) is 11.0. The van der Waals surface area contributed by atoms with E-state index in [2.05, 4.69) is 5.10 Å². The van der Waals surface area contributed by atoms with Crippen LogP contribution >= 0.6 is 11.3 Å². The van der Waals surface area contributed by atoms with Crippen molar-refractivity contribution in [1.82, 2.24) is 14.8 Å². The molecule has 2 aromatic heterocycles. The van der Waals surface area contributed by atoms with Gasteiger partial charge in [-0.1, -0.05) is 35.6 Å². The largest absolute Gasteiger partial charge is 0.492 e. The zero-order valence-electron chi connectivity index (χ0n) is 19.4. The Morgan fingerprint density at radius 1 is 1.06 bits per heavy atom. The highest BCUT2D eigenvalue weighted by atomic mass is 32.1. The van der Waals surface area contributed by atoms with Crippen LogP contribution in [-0.2, 0) is 11.3 Å². The van der Waals surface area contributed by atoms with E-state index in [-0.39, 0.29) is 12.5 Å². The maximum absolute atomic E-state index is 13.3. The van der Waals surface area contributed by atoms with E-state index in [0.29, 0.717) is 30.6 Å². The SMILES string of the molecule is CCOc1cccc2sc(N(CCn3nc(C)cc3C)C(=O)COc3ccccc3C)nc12. The van der Waals surface area contributed by atoms with E-state index in [1.54, 1.807) is 4.90 Å². The highest BCUT2D eigenvalue weighted by Crippen LogP contribution is 2.34. The second-order valence-electron chi connectivity index (χ2n) is 7.78. The Morgan fingerprint density at radius 2 is 1.85 bits per heavy atom. The molecule has 0 fully saturated rings. The number of carbonyl (C=O) groups excluding carboxylic acids is 1. The third kappa shape index (κ3) is 5.17. The number of carbonyl (C=O) groups is 1. The number of rotatable bonds is 9. The van der Waals surface area contributed by atoms with Crippen LogP contribution in [0.2, 0.25) is 0 Å². The number of ether oxygens (including phenoxy) is 2. The molecule has 0 N–H and O–H groups in total. The molecule has 172 valence electrons. The average Bonchev–Trinajstić information content (AvgIpc) is 3.36. The zero-order valence-corrected chi connectivity index (χ0v) is 20.2. The number of thiazole rings is 1. The summed E-state index contributed by atoms with van der Waals surface area (Å²) in [5, 5.41) is 5.15. The molecular weight excluding hydrogens is 436 g/mol. The number of amides is 1. The molecule has 0 atom stereocenters. The highest BCUT2D eigenvalue weighted by molar-refractivity contribution is 7.22. The maximum atomic E-state index is 13.3. The molecule has 0 bridgehead atoms. The zero-order chi connectivity index (χ0) is 23.4. The van der Waals surface area contributed by atoms with Crippen LogP contribution < -0.4 is 14.4 Å². The lowest BCUT2D eigenvalue weighted by molar-refractivity contribution is -0.120. The van der Waals surface area contributed by atoms with Crippen LogP contribution in [0.3, 0.4) is 0 Å². The quantitative estimate of drug-likeness (QED) is 0.351. The highest BCUT2D eigenvalue weighted by Gasteiger charge is 2.22. The summed E-state index contributed by atoms with van der Waals surface area (Å²) in [5.41, 5.74) is 3.76. The molecule has 0 aliphatic rings. The van der Waals surface area contributed by atoms with Crippen molar-refractivity contribution in [1.29, 1.82) is 0 Å². The van der Waals surface area contributed by atoms with E-state index in [9.17, 15) is 4.79 Å². The molecule has 0 saturated heterocycles. The Balaban J connectivity index is 1.61. The topological polar surface area (TPSA) is 69.5 Å². The van der Waals surface area contributed by atoms with Crippen molar-refractivity contribution >= 4 is 32.6 Å². The third-order valence-corrected chi connectivity index (χ3v) is 6.33. The van der Waals surface area contributed by atoms with E-state index < -0.39 is 0 Å². The van der Waals surface area contributed by atoms with E-state index >= 15 is 0 Å². The van der Waals surface area contributed by atoms with Crippen molar-refractivity contribution in [2.75, 3.05) is 24.7 Å². The van der Waals surface area contributed by atoms with Gasteiger partial charge in [0.05, 0.1) is 23.5 Å². The predicted molar refractivity (Wildman–Crippen MR) is 132 cm³/mol. The van der Waals surface area contributed by atoms with Crippen molar-refractivity contribution in [3.63, 3.8) is 0 Å². The lowest BCUT2D eigenvalue weighted by atomic mass is 10.2. The van der Waals surface area contributed by atoms with Crippen LogP contribution in [0.1, 0.15) is 23.9 Å².